The van der Waals surface area contributed by atoms with E-state index in [4.69, 9.17) is 15.2 Å². The van der Waals surface area contributed by atoms with Gasteiger partial charge in [-0.2, -0.15) is 0 Å². The number of carbonyl (C=O) groups excluding carboxylic acids is 2. The number of rotatable bonds is 12. The first kappa shape index (κ1) is 32.7. The van der Waals surface area contributed by atoms with E-state index in [2.05, 4.69) is 15.3 Å². The molecule has 4 aromatic rings. The van der Waals surface area contributed by atoms with Crippen molar-refractivity contribution in [3.8, 4) is 17.0 Å². The van der Waals surface area contributed by atoms with Crippen molar-refractivity contribution >= 4 is 45.8 Å². The lowest BCUT2D eigenvalue weighted by molar-refractivity contribution is -0.384. The minimum absolute atomic E-state index is 0.0258. The number of amides is 1. The normalized spacial score (nSPS) is 11.2. The molecule has 2 aromatic heterocycles. The number of carbonyl (C=O) groups is 2. The lowest BCUT2D eigenvalue weighted by Crippen LogP contribution is -2.29. The van der Waals surface area contributed by atoms with Crippen molar-refractivity contribution in [2.24, 2.45) is 12.8 Å². The van der Waals surface area contributed by atoms with Crippen LogP contribution in [0.5, 0.6) is 5.75 Å². The van der Waals surface area contributed by atoms with E-state index >= 15 is 0 Å². The number of esters is 1. The maximum atomic E-state index is 13.2. The number of likely N-dealkylation sites (N-methyl/N-ethyl adjacent to an activating group) is 2. The number of nitrogens with zero attached hydrogens (tertiary/aromatic N) is 6. The zero-order chi connectivity index (χ0) is 33.2. The highest BCUT2D eigenvalue weighted by molar-refractivity contribution is 6.08. The van der Waals surface area contributed by atoms with Gasteiger partial charge in [0.25, 0.3) is 11.6 Å². The van der Waals surface area contributed by atoms with Crippen LogP contribution in [0.15, 0.2) is 36.7 Å². The summed E-state index contributed by atoms with van der Waals surface area (Å²) in [7, 11) is 8.89. The van der Waals surface area contributed by atoms with Gasteiger partial charge in [-0.05, 0) is 52.6 Å². The second-order valence-corrected chi connectivity index (χ2v) is 11.3. The molecule has 4 rings (SSSR count). The molecule has 2 aromatic carbocycles. The number of hydrogen-bond acceptors (Lipinski definition) is 11. The summed E-state index contributed by atoms with van der Waals surface area (Å²) in [4.78, 5) is 50.1. The molecule has 0 aliphatic rings. The molecule has 0 unspecified atom stereocenters. The summed E-state index contributed by atoms with van der Waals surface area (Å²) in [5, 5.41) is 15.9. The van der Waals surface area contributed by atoms with E-state index < -0.39 is 22.9 Å². The maximum absolute atomic E-state index is 13.2. The van der Waals surface area contributed by atoms with E-state index in [1.807, 2.05) is 49.8 Å². The van der Waals surface area contributed by atoms with Gasteiger partial charge in [0, 0.05) is 62.7 Å². The second kappa shape index (κ2) is 13.2. The predicted octanol–water partition coefficient (Wildman–Crippen LogP) is 4.27. The highest BCUT2D eigenvalue weighted by atomic mass is 16.6. The zero-order valence-electron chi connectivity index (χ0n) is 26.7. The number of nitrogens with one attached hydrogen (secondary N) is 1. The van der Waals surface area contributed by atoms with Gasteiger partial charge in [-0.1, -0.05) is 0 Å². The first-order valence-corrected chi connectivity index (χ1v) is 14.2. The molecule has 0 fully saturated rings. The van der Waals surface area contributed by atoms with E-state index in [0.29, 0.717) is 35.6 Å². The van der Waals surface area contributed by atoms with Crippen LogP contribution < -0.4 is 20.7 Å². The van der Waals surface area contributed by atoms with Crippen LogP contribution in [0.4, 0.5) is 23.0 Å². The molecule has 0 saturated heterocycles. The summed E-state index contributed by atoms with van der Waals surface area (Å²) in [6.07, 6.45) is 2.77. The van der Waals surface area contributed by atoms with Crippen molar-refractivity contribution in [1.82, 2.24) is 19.4 Å². The number of nitro benzene ring substituents is 1. The molecule has 238 valence electrons. The number of hydrogen-bond donors (Lipinski definition) is 2. The van der Waals surface area contributed by atoms with Gasteiger partial charge in [0.05, 0.1) is 40.6 Å². The number of nitrogens with two attached hydrogens (primary N) is 1. The van der Waals surface area contributed by atoms with Crippen molar-refractivity contribution in [1.29, 1.82) is 0 Å². The highest BCUT2D eigenvalue weighted by Gasteiger charge is 2.25. The highest BCUT2D eigenvalue weighted by Crippen LogP contribution is 2.39. The summed E-state index contributed by atoms with van der Waals surface area (Å²) < 4.78 is 12.9. The van der Waals surface area contributed by atoms with Gasteiger partial charge in [0.1, 0.15) is 17.0 Å². The molecule has 2 heterocycles. The van der Waals surface area contributed by atoms with E-state index in [9.17, 15) is 19.7 Å². The van der Waals surface area contributed by atoms with Crippen molar-refractivity contribution in [3.63, 3.8) is 0 Å². The van der Waals surface area contributed by atoms with Gasteiger partial charge in [-0.25, -0.2) is 14.8 Å². The average molecular weight is 619 g/mol. The Morgan fingerprint density at radius 3 is 2.44 bits per heavy atom. The van der Waals surface area contributed by atoms with Gasteiger partial charge < -0.3 is 34.9 Å². The average Bonchev–Trinajstić information content (AvgIpc) is 3.27. The van der Waals surface area contributed by atoms with Crippen LogP contribution in [-0.4, -0.2) is 83.7 Å². The molecular weight excluding hydrogens is 580 g/mol. The van der Waals surface area contributed by atoms with E-state index in [1.165, 1.54) is 19.4 Å². The van der Waals surface area contributed by atoms with Gasteiger partial charge >= 0.3 is 5.97 Å². The van der Waals surface area contributed by atoms with Crippen molar-refractivity contribution in [3.05, 3.63) is 63.5 Å². The molecule has 1 amide bonds. The van der Waals surface area contributed by atoms with E-state index in [1.54, 1.807) is 37.9 Å². The summed E-state index contributed by atoms with van der Waals surface area (Å²) in [5.41, 5.74) is 8.71. The number of aryl methyl sites for hydroxylation is 2. The summed E-state index contributed by atoms with van der Waals surface area (Å²) in [5.74, 6) is -0.958. The fourth-order valence-electron chi connectivity index (χ4n) is 5.02. The molecule has 0 spiro atoms. The Morgan fingerprint density at radius 2 is 1.84 bits per heavy atom. The van der Waals surface area contributed by atoms with Crippen molar-refractivity contribution in [2.75, 3.05) is 51.6 Å². The van der Waals surface area contributed by atoms with Crippen LogP contribution in [0.1, 0.15) is 40.1 Å². The third-order valence-corrected chi connectivity index (χ3v) is 7.20. The lowest BCUT2D eigenvalue weighted by Gasteiger charge is -2.23. The fourth-order valence-corrected chi connectivity index (χ4v) is 5.02. The molecule has 0 saturated carbocycles. The largest absolute Gasteiger partial charge is 0.494 e. The quantitative estimate of drug-likeness (QED) is 0.132. The Bertz CT molecular complexity index is 1780. The molecule has 0 bridgehead atoms. The minimum atomic E-state index is -0.657. The number of fused-ring (bicyclic) bond motifs is 1. The molecule has 0 aliphatic carbocycles. The van der Waals surface area contributed by atoms with E-state index in [-0.39, 0.29) is 34.1 Å². The molecule has 3 N–H and O–H groups in total. The van der Waals surface area contributed by atoms with Crippen LogP contribution in [0.2, 0.25) is 0 Å². The van der Waals surface area contributed by atoms with Crippen LogP contribution >= 0.6 is 0 Å². The molecule has 45 heavy (non-hydrogen) atoms. The van der Waals surface area contributed by atoms with Gasteiger partial charge in [0.15, 0.2) is 0 Å². The van der Waals surface area contributed by atoms with Crippen molar-refractivity contribution in [2.45, 2.75) is 26.9 Å². The number of methoxy groups -OCH3 is 1. The topological polar surface area (TPSA) is 171 Å². The van der Waals surface area contributed by atoms with Crippen molar-refractivity contribution < 1.29 is 24.0 Å². The Hall–Kier alpha value is -5.24. The summed E-state index contributed by atoms with van der Waals surface area (Å²) in [6.45, 7) is 6.57. The first-order valence-electron chi connectivity index (χ1n) is 14.2. The van der Waals surface area contributed by atoms with Gasteiger partial charge in [0.2, 0.25) is 5.95 Å². The minimum Gasteiger partial charge on any atom is -0.494 e. The first-order chi connectivity index (χ1) is 21.2. The number of primary amides is 1. The fraction of sp³-hybridized carbons (Fsp3) is 0.355. The number of aromatic nitrogens is 3. The molecule has 0 radical (unpaired) electrons. The zero-order valence-corrected chi connectivity index (χ0v) is 26.7. The molecular formula is C31H38N8O6. The third kappa shape index (κ3) is 6.96. The Balaban J connectivity index is 1.87. The molecule has 14 nitrogen and oxygen atoms in total. The smallest absolute Gasteiger partial charge is 0.342 e. The third-order valence-electron chi connectivity index (χ3n) is 7.20. The van der Waals surface area contributed by atoms with Crippen LogP contribution in [0, 0.1) is 17.0 Å². The predicted molar refractivity (Wildman–Crippen MR) is 173 cm³/mol. The van der Waals surface area contributed by atoms with Gasteiger partial charge in [-0.15, -0.1) is 0 Å². The van der Waals surface area contributed by atoms with Gasteiger partial charge in [-0.3, -0.25) is 14.9 Å². The molecule has 0 aliphatic heterocycles. The monoisotopic (exact) mass is 618 g/mol. The van der Waals surface area contributed by atoms with E-state index in [0.717, 1.165) is 10.9 Å². The Morgan fingerprint density at radius 1 is 1.13 bits per heavy atom. The van der Waals surface area contributed by atoms with Crippen LogP contribution in [0.25, 0.3) is 22.2 Å². The number of anilines is 3. The molecule has 0 atom stereocenters. The number of ether oxygens (including phenoxy) is 2. The van der Waals surface area contributed by atoms with Crippen LogP contribution in [0.3, 0.4) is 0 Å². The molecule has 14 heteroatoms. The second-order valence-electron chi connectivity index (χ2n) is 11.3. The number of benzene rings is 2. The SMILES string of the molecule is COc1cc(N(C)CCN(C)C)c([N+](=O)[O-])cc1Nc1ncc(C(=O)OC(C)C)c(-c2cc(C(N)=O)c3c(c2)c(C)cn3C)n1. The number of nitro groups is 1. The summed E-state index contributed by atoms with van der Waals surface area (Å²) >= 11 is 0. The Kier molecular flexibility index (Phi) is 9.57. The Labute approximate surface area is 260 Å². The maximum Gasteiger partial charge on any atom is 0.342 e. The lowest BCUT2D eigenvalue weighted by atomic mass is 9.99. The van der Waals surface area contributed by atoms with Crippen LogP contribution in [-0.2, 0) is 11.8 Å². The standard InChI is InChI=1S/C31H38N8O6/c1-17(2)45-30(41)22-15-33-31(35-27(22)19-11-20-18(3)16-38(7)28(20)21(12-19)29(32)40)34-23-13-25(39(42)43)24(14-26(23)44-8)37(6)10-9-36(4)5/h11-17H,9-10H2,1-8H3,(H2,32,40)(H,33,34,35). The summed E-state index contributed by atoms with van der Waals surface area (Å²) in [6, 6.07) is 6.33.